The van der Waals surface area contributed by atoms with Crippen LogP contribution in [0.25, 0.3) is 0 Å². The van der Waals surface area contributed by atoms with E-state index in [1.54, 1.807) is 0 Å². The summed E-state index contributed by atoms with van der Waals surface area (Å²) in [6.45, 7) is 0. The second kappa shape index (κ2) is 18.3. The normalized spacial score (nSPS) is 17.8. The molecular weight excluding hydrogens is 431 g/mol. The Hall–Kier alpha value is -0.0210. The Kier molecular flexibility index (Phi) is 19.9. The molecule has 0 spiro atoms. The van der Waals surface area contributed by atoms with Gasteiger partial charge in [0.2, 0.25) is 0 Å². The van der Waals surface area contributed by atoms with Crippen molar-refractivity contribution < 1.29 is 53.9 Å². The summed E-state index contributed by atoms with van der Waals surface area (Å²) in [5, 5.41) is 20.3. The molecule has 0 saturated heterocycles. The molecule has 2 saturated carbocycles. The molecule has 4 nitrogen and oxygen atoms in total. The standard InChI is InChI=1S/2C10H18O2.2Cu/c2*11-10(12)8-4-7-9-5-2-1-3-6-9;;/h2*9H,1-8H2,(H,11,12);;/q;;2*+1/p-2. The van der Waals surface area contributed by atoms with Gasteiger partial charge in [0.15, 0.2) is 0 Å². The topological polar surface area (TPSA) is 80.3 Å². The van der Waals surface area contributed by atoms with Gasteiger partial charge in [0, 0.05) is 11.9 Å². The molecule has 6 heteroatoms. The summed E-state index contributed by atoms with van der Waals surface area (Å²) in [7, 11) is 0. The van der Waals surface area contributed by atoms with E-state index in [0.717, 1.165) is 37.5 Å². The maximum Gasteiger partial charge on any atom is 1.00 e. The molecule has 0 aliphatic heterocycles. The summed E-state index contributed by atoms with van der Waals surface area (Å²) in [5.74, 6) is -0.187. The Morgan fingerprint density at radius 3 is 1.19 bits per heavy atom. The predicted octanol–water partition coefficient (Wildman–Crippen LogP) is 2.97. The van der Waals surface area contributed by atoms with Crippen LogP contribution in [-0.2, 0) is 43.7 Å². The maximum atomic E-state index is 10.1. The van der Waals surface area contributed by atoms with E-state index in [-0.39, 0.29) is 47.0 Å². The molecule has 2 fully saturated rings. The molecule has 26 heavy (non-hydrogen) atoms. The summed E-state index contributed by atoms with van der Waals surface area (Å²) < 4.78 is 0. The third-order valence-corrected chi connectivity index (χ3v) is 5.44. The van der Waals surface area contributed by atoms with Crippen molar-refractivity contribution in [3.8, 4) is 0 Å². The van der Waals surface area contributed by atoms with Crippen molar-refractivity contribution in [2.24, 2.45) is 11.8 Å². The van der Waals surface area contributed by atoms with Crippen molar-refractivity contribution in [1.29, 1.82) is 0 Å². The van der Waals surface area contributed by atoms with Gasteiger partial charge in [0.05, 0.1) is 0 Å². The Morgan fingerprint density at radius 1 is 0.615 bits per heavy atom. The third kappa shape index (κ3) is 16.2. The minimum atomic E-state index is -0.897. The van der Waals surface area contributed by atoms with E-state index in [4.69, 9.17) is 0 Å². The minimum Gasteiger partial charge on any atom is -0.550 e. The molecule has 0 heterocycles. The van der Waals surface area contributed by atoms with Crippen molar-refractivity contribution in [3.05, 3.63) is 0 Å². The van der Waals surface area contributed by atoms with Crippen LogP contribution in [-0.4, -0.2) is 11.9 Å². The first-order valence-electron chi connectivity index (χ1n) is 9.97. The first-order chi connectivity index (χ1) is 11.6. The van der Waals surface area contributed by atoms with Crippen molar-refractivity contribution in [2.45, 2.75) is 103 Å². The van der Waals surface area contributed by atoms with Crippen LogP contribution in [0.4, 0.5) is 0 Å². The number of carbonyl (C=O) groups is 2. The molecule has 0 bridgehead atoms. The van der Waals surface area contributed by atoms with Gasteiger partial charge < -0.3 is 19.8 Å². The minimum absolute atomic E-state index is 0. The third-order valence-electron chi connectivity index (χ3n) is 5.44. The van der Waals surface area contributed by atoms with Crippen LogP contribution >= 0.6 is 0 Å². The molecule has 0 aromatic rings. The van der Waals surface area contributed by atoms with Gasteiger partial charge >= 0.3 is 34.1 Å². The number of hydrogen-bond donors (Lipinski definition) is 0. The van der Waals surface area contributed by atoms with E-state index in [2.05, 4.69) is 0 Å². The van der Waals surface area contributed by atoms with Gasteiger partial charge in [-0.25, -0.2) is 0 Å². The fraction of sp³-hybridized carbons (Fsp3) is 0.900. The number of carboxylic acids is 2. The summed E-state index contributed by atoms with van der Waals surface area (Å²) in [6, 6.07) is 0. The zero-order valence-corrected chi connectivity index (χ0v) is 17.6. The molecule has 0 aromatic heterocycles. The fourth-order valence-corrected chi connectivity index (χ4v) is 4.02. The predicted molar refractivity (Wildman–Crippen MR) is 90.9 cm³/mol. The second-order valence-electron chi connectivity index (χ2n) is 7.54. The van der Waals surface area contributed by atoms with Gasteiger partial charge in [-0.05, 0) is 37.5 Å². The Balaban J connectivity index is 0. The Morgan fingerprint density at radius 2 is 0.923 bits per heavy atom. The molecule has 0 aromatic carbocycles. The molecule has 2 aliphatic rings. The number of carboxylic acid groups (broad SMARTS) is 2. The van der Waals surface area contributed by atoms with Crippen molar-refractivity contribution in [2.75, 3.05) is 0 Å². The first-order valence-corrected chi connectivity index (χ1v) is 9.97. The summed E-state index contributed by atoms with van der Waals surface area (Å²) in [5.41, 5.74) is 0. The van der Waals surface area contributed by atoms with E-state index in [9.17, 15) is 19.8 Å². The molecule has 0 radical (unpaired) electrons. The van der Waals surface area contributed by atoms with Gasteiger partial charge in [-0.2, -0.15) is 0 Å². The smallest absolute Gasteiger partial charge is 0.550 e. The summed E-state index contributed by atoms with van der Waals surface area (Å²) in [6.07, 6.45) is 17.7. The molecule has 2 rings (SSSR count). The Labute approximate surface area is 180 Å². The molecule has 0 amide bonds. The number of hydrogen-bond acceptors (Lipinski definition) is 4. The quantitative estimate of drug-likeness (QED) is 0.516. The van der Waals surface area contributed by atoms with E-state index in [1.807, 2.05) is 0 Å². The number of rotatable bonds is 8. The summed E-state index contributed by atoms with van der Waals surface area (Å²) in [4.78, 5) is 20.3. The molecular formula is C20H34Cu2O4. The molecule has 0 atom stereocenters. The molecule has 0 unspecified atom stereocenters. The van der Waals surface area contributed by atoms with Gasteiger partial charge in [0.25, 0.3) is 0 Å². The van der Waals surface area contributed by atoms with Crippen LogP contribution in [0.15, 0.2) is 0 Å². The SMILES string of the molecule is O=C([O-])CCCC1CCCCC1.O=C([O-])CCCC1CCCCC1.[Cu+].[Cu+]. The molecule has 0 N–H and O–H groups in total. The van der Waals surface area contributed by atoms with Gasteiger partial charge in [-0.1, -0.05) is 77.0 Å². The summed E-state index contributed by atoms with van der Waals surface area (Å²) >= 11 is 0. The first kappa shape index (κ1) is 28.2. The van der Waals surface area contributed by atoms with Crippen LogP contribution in [0, 0.1) is 11.8 Å². The second-order valence-corrected chi connectivity index (χ2v) is 7.54. The fourth-order valence-electron chi connectivity index (χ4n) is 4.02. The zero-order chi connectivity index (χ0) is 17.6. The van der Waals surface area contributed by atoms with E-state index in [1.165, 1.54) is 64.2 Å². The maximum absolute atomic E-state index is 10.1. The van der Waals surface area contributed by atoms with Crippen LogP contribution in [0.5, 0.6) is 0 Å². The van der Waals surface area contributed by atoms with Crippen LogP contribution in [0.2, 0.25) is 0 Å². The average molecular weight is 466 g/mol. The van der Waals surface area contributed by atoms with Gasteiger partial charge in [0.1, 0.15) is 0 Å². The average Bonchev–Trinajstić information content (AvgIpc) is 2.57. The van der Waals surface area contributed by atoms with E-state index < -0.39 is 11.9 Å². The van der Waals surface area contributed by atoms with Crippen molar-refractivity contribution in [3.63, 3.8) is 0 Å². The Bertz CT molecular complexity index is 318. The van der Waals surface area contributed by atoms with Crippen LogP contribution in [0.1, 0.15) is 103 Å². The van der Waals surface area contributed by atoms with Crippen LogP contribution < -0.4 is 10.2 Å². The van der Waals surface area contributed by atoms with E-state index >= 15 is 0 Å². The molecule has 160 valence electrons. The molecule has 2 aliphatic carbocycles. The van der Waals surface area contributed by atoms with E-state index in [0.29, 0.717) is 0 Å². The van der Waals surface area contributed by atoms with Crippen LogP contribution in [0.3, 0.4) is 0 Å². The number of aliphatic carboxylic acids is 2. The van der Waals surface area contributed by atoms with Crippen molar-refractivity contribution in [1.82, 2.24) is 0 Å². The zero-order valence-electron chi connectivity index (χ0n) is 15.7. The number of carbonyl (C=O) groups excluding carboxylic acids is 2. The van der Waals surface area contributed by atoms with Gasteiger partial charge in [-0.15, -0.1) is 0 Å². The van der Waals surface area contributed by atoms with Gasteiger partial charge in [-0.3, -0.25) is 0 Å². The van der Waals surface area contributed by atoms with Crippen molar-refractivity contribution >= 4 is 11.9 Å². The monoisotopic (exact) mass is 464 g/mol. The largest absolute Gasteiger partial charge is 1.00 e.